The van der Waals surface area contributed by atoms with Gasteiger partial charge in [-0.1, -0.05) is 54.6 Å². The molecule has 0 saturated heterocycles. The summed E-state index contributed by atoms with van der Waals surface area (Å²) >= 11 is 0. The number of fused-ring (bicyclic) bond motifs is 1. The number of carbonyl (C=O) groups is 1. The molecule has 0 aliphatic rings. The van der Waals surface area contributed by atoms with Crippen LogP contribution in [0.15, 0.2) is 60.7 Å². The van der Waals surface area contributed by atoms with Gasteiger partial charge in [0.25, 0.3) is 0 Å². The zero-order valence-electron chi connectivity index (χ0n) is 13.0. The molecule has 0 aliphatic carbocycles. The Morgan fingerprint density at radius 1 is 0.957 bits per heavy atom. The number of nitrogens with one attached hydrogen (secondary N) is 1. The van der Waals surface area contributed by atoms with Crippen molar-refractivity contribution in [2.24, 2.45) is 0 Å². The van der Waals surface area contributed by atoms with Gasteiger partial charge < -0.3 is 5.32 Å². The maximum Gasteiger partial charge on any atom is 0.224 e. The van der Waals surface area contributed by atoms with Gasteiger partial charge in [-0.3, -0.25) is 4.79 Å². The smallest absolute Gasteiger partial charge is 0.224 e. The van der Waals surface area contributed by atoms with Crippen LogP contribution in [0.3, 0.4) is 0 Å². The number of hydrogen-bond donors (Lipinski definition) is 1. The number of amides is 1. The molecule has 0 aliphatic heterocycles. The normalized spacial score (nSPS) is 10.7. The van der Waals surface area contributed by atoms with Gasteiger partial charge in [0, 0.05) is 6.54 Å². The van der Waals surface area contributed by atoms with E-state index in [1.165, 1.54) is 6.07 Å². The third kappa shape index (κ3) is 3.75. The van der Waals surface area contributed by atoms with Crippen molar-refractivity contribution in [3.8, 4) is 0 Å². The van der Waals surface area contributed by atoms with Crippen LogP contribution in [0.2, 0.25) is 0 Å². The van der Waals surface area contributed by atoms with Crippen LogP contribution < -0.4 is 5.32 Å². The molecule has 3 heteroatoms. The highest BCUT2D eigenvalue weighted by Gasteiger charge is 2.05. The van der Waals surface area contributed by atoms with E-state index in [-0.39, 0.29) is 11.7 Å². The molecular formula is C20H18FNO. The van der Waals surface area contributed by atoms with Crippen LogP contribution in [0.4, 0.5) is 4.39 Å². The molecule has 3 aromatic carbocycles. The lowest BCUT2D eigenvalue weighted by molar-refractivity contribution is -0.120. The van der Waals surface area contributed by atoms with Crippen molar-refractivity contribution in [3.63, 3.8) is 0 Å². The minimum atomic E-state index is -0.244. The minimum Gasteiger partial charge on any atom is -0.352 e. The number of benzene rings is 3. The number of aryl methyl sites for hydroxylation is 1. The fraction of sp³-hybridized carbons (Fsp3) is 0.150. The minimum absolute atomic E-state index is 0.0683. The van der Waals surface area contributed by atoms with Crippen molar-refractivity contribution < 1.29 is 9.18 Å². The molecule has 0 aromatic heterocycles. The number of carbonyl (C=O) groups excluding carboxylic acids is 1. The Balaban J connectivity index is 1.62. The first-order valence-corrected chi connectivity index (χ1v) is 7.61. The summed E-state index contributed by atoms with van der Waals surface area (Å²) in [5.74, 6) is -0.312. The second-order valence-electron chi connectivity index (χ2n) is 5.72. The lowest BCUT2D eigenvalue weighted by atomic mass is 10.0. The standard InChI is InChI=1S/C20H18FNO/c1-14-6-7-16(11-19(14)21)13-22-20(23)12-15-8-9-17-4-2-3-5-18(17)10-15/h2-11H,12-13H2,1H3,(H,22,23). The molecule has 0 heterocycles. The third-order valence-electron chi connectivity index (χ3n) is 3.90. The van der Waals surface area contributed by atoms with Gasteiger partial charge in [0.05, 0.1) is 6.42 Å². The van der Waals surface area contributed by atoms with Crippen LogP contribution in [0.25, 0.3) is 10.8 Å². The number of rotatable bonds is 4. The molecule has 0 atom stereocenters. The third-order valence-corrected chi connectivity index (χ3v) is 3.90. The maximum atomic E-state index is 13.5. The Morgan fingerprint density at radius 2 is 1.70 bits per heavy atom. The van der Waals surface area contributed by atoms with Gasteiger partial charge >= 0.3 is 0 Å². The van der Waals surface area contributed by atoms with Gasteiger partial charge in [0.1, 0.15) is 5.82 Å². The van der Waals surface area contributed by atoms with Gasteiger partial charge in [-0.15, -0.1) is 0 Å². The van der Waals surface area contributed by atoms with Gasteiger partial charge in [-0.25, -0.2) is 4.39 Å². The molecule has 0 saturated carbocycles. The van der Waals surface area contributed by atoms with Crippen LogP contribution in [0.5, 0.6) is 0 Å². The maximum absolute atomic E-state index is 13.5. The Hall–Kier alpha value is -2.68. The summed E-state index contributed by atoms with van der Waals surface area (Å²) < 4.78 is 13.5. The number of hydrogen-bond acceptors (Lipinski definition) is 1. The summed E-state index contributed by atoms with van der Waals surface area (Å²) in [4.78, 5) is 12.1. The highest BCUT2D eigenvalue weighted by atomic mass is 19.1. The quantitative estimate of drug-likeness (QED) is 0.771. The summed E-state index contributed by atoms with van der Waals surface area (Å²) in [6.07, 6.45) is 0.319. The van der Waals surface area contributed by atoms with Crippen molar-refractivity contribution in [2.45, 2.75) is 19.9 Å². The average molecular weight is 307 g/mol. The second-order valence-corrected chi connectivity index (χ2v) is 5.72. The predicted octanol–water partition coefficient (Wildman–Crippen LogP) is 4.15. The van der Waals surface area contributed by atoms with Crippen LogP contribution in [0.1, 0.15) is 16.7 Å². The Bertz CT molecular complexity index is 857. The van der Waals surface area contributed by atoms with E-state index in [2.05, 4.69) is 5.32 Å². The lowest BCUT2D eigenvalue weighted by Crippen LogP contribution is -2.24. The van der Waals surface area contributed by atoms with Gasteiger partial charge in [0.15, 0.2) is 0 Å². The second kappa shape index (κ2) is 6.61. The molecular weight excluding hydrogens is 289 g/mol. The first-order valence-electron chi connectivity index (χ1n) is 7.61. The molecule has 23 heavy (non-hydrogen) atoms. The highest BCUT2D eigenvalue weighted by molar-refractivity contribution is 5.85. The van der Waals surface area contributed by atoms with Crippen molar-refractivity contribution in [3.05, 3.63) is 83.2 Å². The molecule has 3 aromatic rings. The molecule has 3 rings (SSSR count). The van der Waals surface area contributed by atoms with Gasteiger partial charge in [0.2, 0.25) is 5.91 Å². The van der Waals surface area contributed by atoms with Gasteiger partial charge in [-0.2, -0.15) is 0 Å². The monoisotopic (exact) mass is 307 g/mol. The van der Waals surface area contributed by atoms with Crippen molar-refractivity contribution >= 4 is 16.7 Å². The zero-order chi connectivity index (χ0) is 16.2. The SMILES string of the molecule is Cc1ccc(CNC(=O)Cc2ccc3ccccc3c2)cc1F. The molecule has 1 N–H and O–H groups in total. The lowest BCUT2D eigenvalue weighted by Gasteiger charge is -2.07. The van der Waals surface area contributed by atoms with E-state index in [1.54, 1.807) is 13.0 Å². The van der Waals surface area contributed by atoms with Crippen molar-refractivity contribution in [1.82, 2.24) is 5.32 Å². The van der Waals surface area contributed by atoms with E-state index >= 15 is 0 Å². The summed E-state index contributed by atoms with van der Waals surface area (Å²) in [6, 6.07) is 19.1. The molecule has 0 fully saturated rings. The zero-order valence-corrected chi connectivity index (χ0v) is 13.0. The van der Waals surface area contributed by atoms with Crippen molar-refractivity contribution in [2.75, 3.05) is 0 Å². The van der Waals surface area contributed by atoms with E-state index in [4.69, 9.17) is 0 Å². The summed E-state index contributed by atoms with van der Waals surface area (Å²) in [5, 5.41) is 5.12. The Labute approximate surface area is 135 Å². The summed E-state index contributed by atoms with van der Waals surface area (Å²) in [7, 11) is 0. The fourth-order valence-corrected chi connectivity index (χ4v) is 2.54. The molecule has 0 radical (unpaired) electrons. The average Bonchev–Trinajstić information content (AvgIpc) is 2.56. The molecule has 0 unspecified atom stereocenters. The molecule has 2 nitrogen and oxygen atoms in total. The molecule has 0 spiro atoms. The summed E-state index contributed by atoms with van der Waals surface area (Å²) in [6.45, 7) is 2.06. The number of halogens is 1. The van der Waals surface area contributed by atoms with E-state index in [9.17, 15) is 9.18 Å². The van der Waals surface area contributed by atoms with E-state index in [0.717, 1.165) is 21.9 Å². The largest absolute Gasteiger partial charge is 0.352 e. The molecule has 1 amide bonds. The molecule has 116 valence electrons. The highest BCUT2D eigenvalue weighted by Crippen LogP contribution is 2.16. The van der Waals surface area contributed by atoms with E-state index in [0.29, 0.717) is 18.5 Å². The van der Waals surface area contributed by atoms with Crippen molar-refractivity contribution in [1.29, 1.82) is 0 Å². The van der Waals surface area contributed by atoms with E-state index in [1.807, 2.05) is 48.5 Å². The molecule has 0 bridgehead atoms. The van der Waals surface area contributed by atoms with Crippen LogP contribution in [0, 0.1) is 12.7 Å². The van der Waals surface area contributed by atoms with E-state index < -0.39 is 0 Å². The van der Waals surface area contributed by atoms with Crippen LogP contribution in [-0.2, 0) is 17.8 Å². The predicted molar refractivity (Wildman–Crippen MR) is 90.6 cm³/mol. The van der Waals surface area contributed by atoms with Gasteiger partial charge in [-0.05, 0) is 40.5 Å². The Kier molecular flexibility index (Phi) is 4.38. The fourth-order valence-electron chi connectivity index (χ4n) is 2.54. The first-order chi connectivity index (χ1) is 11.1. The van der Waals surface area contributed by atoms with Crippen LogP contribution in [-0.4, -0.2) is 5.91 Å². The summed E-state index contributed by atoms with van der Waals surface area (Å²) in [5.41, 5.74) is 2.34. The topological polar surface area (TPSA) is 29.1 Å². The van der Waals surface area contributed by atoms with Crippen LogP contribution >= 0.6 is 0 Å². The Morgan fingerprint density at radius 3 is 2.48 bits per heavy atom. The first kappa shape index (κ1) is 15.2.